The van der Waals surface area contributed by atoms with Crippen molar-refractivity contribution in [1.82, 2.24) is 14.8 Å². The van der Waals surface area contributed by atoms with Crippen LogP contribution in [0.3, 0.4) is 0 Å². The normalized spacial score (nSPS) is 11.9. The molecule has 0 atom stereocenters. The second kappa shape index (κ2) is 4.89. The number of nitrogens with zero attached hydrogens (tertiary/aromatic N) is 4. The summed E-state index contributed by atoms with van der Waals surface area (Å²) in [6, 6.07) is 1.86. The molecule has 0 bridgehead atoms. The molecule has 0 radical (unpaired) electrons. The van der Waals surface area contributed by atoms with Crippen molar-refractivity contribution in [2.75, 3.05) is 0 Å². The highest BCUT2D eigenvalue weighted by molar-refractivity contribution is 6.31. The van der Waals surface area contributed by atoms with Crippen LogP contribution in [0.2, 0.25) is 5.02 Å². The van der Waals surface area contributed by atoms with Crippen LogP contribution in [0.4, 0.5) is 0 Å². The molecule has 0 spiro atoms. The first-order chi connectivity index (χ1) is 8.93. The van der Waals surface area contributed by atoms with Gasteiger partial charge in [0.05, 0.1) is 22.5 Å². The maximum Gasteiger partial charge on any atom is 0.174 e. The minimum atomic E-state index is -0.00993. The molecular formula is C12H14ClN5O. The molecule has 2 aromatic rings. The van der Waals surface area contributed by atoms with Crippen LogP contribution >= 0.6 is 11.6 Å². The van der Waals surface area contributed by atoms with Crippen molar-refractivity contribution >= 4 is 17.4 Å². The number of amidine groups is 1. The number of rotatable bonds is 2. The molecule has 6 nitrogen and oxygen atoms in total. The summed E-state index contributed by atoms with van der Waals surface area (Å²) in [5, 5.41) is 16.7. The molecule has 0 aliphatic rings. The van der Waals surface area contributed by atoms with Gasteiger partial charge < -0.3 is 10.9 Å². The summed E-state index contributed by atoms with van der Waals surface area (Å²) >= 11 is 6.00. The highest BCUT2D eigenvalue weighted by Gasteiger charge is 2.16. The second-order valence-corrected chi connectivity index (χ2v) is 4.68. The van der Waals surface area contributed by atoms with Crippen molar-refractivity contribution in [3.05, 3.63) is 39.8 Å². The van der Waals surface area contributed by atoms with E-state index in [-0.39, 0.29) is 5.84 Å². The Kier molecular flexibility index (Phi) is 3.44. The molecule has 0 aromatic carbocycles. The van der Waals surface area contributed by atoms with E-state index in [4.69, 9.17) is 22.5 Å². The Balaban J connectivity index is 2.74. The lowest BCUT2D eigenvalue weighted by molar-refractivity contribution is 0.318. The van der Waals surface area contributed by atoms with Gasteiger partial charge in [0.25, 0.3) is 0 Å². The zero-order chi connectivity index (χ0) is 14.2. The zero-order valence-corrected chi connectivity index (χ0v) is 11.6. The van der Waals surface area contributed by atoms with Gasteiger partial charge in [0.2, 0.25) is 0 Å². The van der Waals surface area contributed by atoms with E-state index in [0.717, 1.165) is 11.3 Å². The number of oxime groups is 1. The van der Waals surface area contributed by atoms with Gasteiger partial charge in [-0.1, -0.05) is 16.8 Å². The summed E-state index contributed by atoms with van der Waals surface area (Å²) in [5.41, 5.74) is 8.60. The molecule has 0 aliphatic carbocycles. The molecule has 7 heteroatoms. The summed E-state index contributed by atoms with van der Waals surface area (Å²) in [5.74, 6) is 0.479. The third-order valence-corrected chi connectivity index (χ3v) is 3.12. The highest BCUT2D eigenvalue weighted by Crippen LogP contribution is 2.20. The van der Waals surface area contributed by atoms with E-state index in [2.05, 4.69) is 15.2 Å². The van der Waals surface area contributed by atoms with Crippen molar-refractivity contribution < 1.29 is 5.21 Å². The van der Waals surface area contributed by atoms with E-state index in [1.807, 2.05) is 19.9 Å². The summed E-state index contributed by atoms with van der Waals surface area (Å²) in [6.07, 6.45) is 1.65. The first-order valence-corrected chi connectivity index (χ1v) is 6.00. The lowest BCUT2D eigenvalue weighted by atomic mass is 10.1. The van der Waals surface area contributed by atoms with Gasteiger partial charge in [-0.05, 0) is 32.4 Å². The Morgan fingerprint density at radius 3 is 2.63 bits per heavy atom. The van der Waals surface area contributed by atoms with Crippen LogP contribution in [0, 0.1) is 20.8 Å². The average molecular weight is 280 g/mol. The average Bonchev–Trinajstić information content (AvgIpc) is 2.68. The van der Waals surface area contributed by atoms with Crippen LogP contribution in [0.1, 0.15) is 22.5 Å². The van der Waals surface area contributed by atoms with Crippen LogP contribution in [-0.4, -0.2) is 25.8 Å². The maximum absolute atomic E-state index is 8.89. The Labute approximate surface area is 115 Å². The third-order valence-electron chi connectivity index (χ3n) is 2.75. The Bertz CT molecular complexity index is 643. The number of hydrogen-bond acceptors (Lipinski definition) is 4. The molecule has 0 saturated heterocycles. The largest absolute Gasteiger partial charge is 0.409 e. The number of aryl methyl sites for hydroxylation is 3. The van der Waals surface area contributed by atoms with E-state index in [0.29, 0.717) is 22.1 Å². The van der Waals surface area contributed by atoms with E-state index in [9.17, 15) is 0 Å². The van der Waals surface area contributed by atoms with Crippen molar-refractivity contribution in [3.63, 3.8) is 0 Å². The van der Waals surface area contributed by atoms with Gasteiger partial charge in [0.1, 0.15) is 0 Å². The summed E-state index contributed by atoms with van der Waals surface area (Å²) in [4.78, 5) is 4.40. The summed E-state index contributed by atoms with van der Waals surface area (Å²) in [6.45, 7) is 5.53. The molecule has 2 aromatic heterocycles. The van der Waals surface area contributed by atoms with Crippen molar-refractivity contribution in [1.29, 1.82) is 0 Å². The highest BCUT2D eigenvalue weighted by atomic mass is 35.5. The van der Waals surface area contributed by atoms with Gasteiger partial charge in [-0.25, -0.2) is 9.67 Å². The van der Waals surface area contributed by atoms with Crippen LogP contribution in [-0.2, 0) is 0 Å². The predicted molar refractivity (Wildman–Crippen MR) is 73.1 cm³/mol. The smallest absolute Gasteiger partial charge is 0.174 e. The number of pyridine rings is 1. The SMILES string of the molecule is Cc1cc(C)c(C(N)=NO)c(-n2cc(Cl)c(C)n2)n1. The van der Waals surface area contributed by atoms with E-state index >= 15 is 0 Å². The van der Waals surface area contributed by atoms with Crippen LogP contribution in [0.25, 0.3) is 5.82 Å². The van der Waals surface area contributed by atoms with Crippen molar-refractivity contribution in [2.45, 2.75) is 20.8 Å². The second-order valence-electron chi connectivity index (χ2n) is 4.27. The van der Waals surface area contributed by atoms with Gasteiger partial charge in [0.15, 0.2) is 11.7 Å². The molecule has 19 heavy (non-hydrogen) atoms. The van der Waals surface area contributed by atoms with Gasteiger partial charge in [-0.3, -0.25) is 0 Å². The van der Waals surface area contributed by atoms with E-state index < -0.39 is 0 Å². The fourth-order valence-electron chi connectivity index (χ4n) is 1.90. The van der Waals surface area contributed by atoms with E-state index in [1.54, 1.807) is 13.1 Å². The Morgan fingerprint density at radius 1 is 1.42 bits per heavy atom. The third kappa shape index (κ3) is 2.39. The first-order valence-electron chi connectivity index (χ1n) is 5.62. The lowest BCUT2D eigenvalue weighted by Gasteiger charge is -2.11. The quantitative estimate of drug-likeness (QED) is 0.380. The summed E-state index contributed by atoms with van der Waals surface area (Å²) < 4.78 is 1.53. The van der Waals surface area contributed by atoms with Crippen LogP contribution < -0.4 is 5.73 Å². The topological polar surface area (TPSA) is 89.3 Å². The molecule has 3 N–H and O–H groups in total. The van der Waals surface area contributed by atoms with Crippen molar-refractivity contribution in [3.8, 4) is 5.82 Å². The fourth-order valence-corrected chi connectivity index (χ4v) is 2.03. The van der Waals surface area contributed by atoms with Gasteiger partial charge in [-0.2, -0.15) is 5.10 Å². The molecular weight excluding hydrogens is 266 g/mol. The van der Waals surface area contributed by atoms with E-state index in [1.165, 1.54) is 4.68 Å². The first kappa shape index (κ1) is 13.4. The molecule has 2 rings (SSSR count). The van der Waals surface area contributed by atoms with Gasteiger partial charge in [0, 0.05) is 5.69 Å². The Morgan fingerprint density at radius 2 is 2.11 bits per heavy atom. The fraction of sp³-hybridized carbons (Fsp3) is 0.250. The van der Waals surface area contributed by atoms with Gasteiger partial charge >= 0.3 is 0 Å². The minimum Gasteiger partial charge on any atom is -0.409 e. The number of halogens is 1. The molecule has 0 unspecified atom stereocenters. The molecule has 0 aliphatic heterocycles. The lowest BCUT2D eigenvalue weighted by Crippen LogP contribution is -2.20. The van der Waals surface area contributed by atoms with Crippen LogP contribution in [0.15, 0.2) is 17.4 Å². The van der Waals surface area contributed by atoms with Crippen LogP contribution in [0.5, 0.6) is 0 Å². The van der Waals surface area contributed by atoms with Crippen molar-refractivity contribution in [2.24, 2.45) is 10.9 Å². The number of aromatic nitrogens is 3. The Hall–Kier alpha value is -2.08. The monoisotopic (exact) mass is 279 g/mol. The van der Waals surface area contributed by atoms with Gasteiger partial charge in [-0.15, -0.1) is 0 Å². The molecule has 100 valence electrons. The molecule has 2 heterocycles. The number of nitrogens with two attached hydrogens (primary N) is 1. The predicted octanol–water partition coefficient (Wildman–Crippen LogP) is 1.94. The minimum absolute atomic E-state index is 0.00993. The number of hydrogen-bond donors (Lipinski definition) is 2. The molecule has 0 fully saturated rings. The molecule has 0 saturated carbocycles. The molecule has 0 amide bonds. The maximum atomic E-state index is 8.89. The standard InChI is InChI=1S/C12H14ClN5O/c1-6-4-7(2)15-12(10(6)11(14)17-19)18-5-9(13)8(3)16-18/h4-5,19H,1-3H3,(H2,14,17). The summed E-state index contributed by atoms with van der Waals surface area (Å²) in [7, 11) is 0. The zero-order valence-electron chi connectivity index (χ0n) is 10.8.